The Hall–Kier alpha value is -2.18. The summed E-state index contributed by atoms with van der Waals surface area (Å²) < 4.78 is 6.79. The molecule has 0 aliphatic rings. The summed E-state index contributed by atoms with van der Waals surface area (Å²) in [6.45, 7) is 6.39. The molecule has 0 fully saturated rings. The maximum Gasteiger partial charge on any atom is 0.252 e. The standard InChI is InChI=1S/C12H18N6O/c1-5-19-9(13)10-16-11-8(7(2)3)6-15-18(11)12(14-4)17-10/h6-7,13H,5H2,1-4H3,(H,14,16,17). The van der Waals surface area contributed by atoms with Crippen molar-refractivity contribution in [3.05, 3.63) is 17.6 Å². The van der Waals surface area contributed by atoms with Gasteiger partial charge in [-0.15, -0.1) is 0 Å². The van der Waals surface area contributed by atoms with Gasteiger partial charge in [0, 0.05) is 12.6 Å². The van der Waals surface area contributed by atoms with E-state index in [1.54, 1.807) is 17.8 Å². The molecule has 2 rings (SSSR count). The zero-order chi connectivity index (χ0) is 14.0. The van der Waals surface area contributed by atoms with Crippen LogP contribution in [-0.4, -0.2) is 39.1 Å². The highest BCUT2D eigenvalue weighted by Gasteiger charge is 2.16. The van der Waals surface area contributed by atoms with Crippen LogP contribution in [0.1, 0.15) is 38.1 Å². The Balaban J connectivity index is 2.62. The van der Waals surface area contributed by atoms with E-state index in [0.717, 1.165) is 5.56 Å². The van der Waals surface area contributed by atoms with E-state index in [2.05, 4.69) is 34.2 Å². The molecule has 2 aromatic rings. The van der Waals surface area contributed by atoms with Gasteiger partial charge in [0.05, 0.1) is 12.8 Å². The number of anilines is 1. The number of hydrogen-bond acceptors (Lipinski definition) is 6. The Bertz CT molecular complexity index is 604. The van der Waals surface area contributed by atoms with Crippen molar-refractivity contribution in [1.82, 2.24) is 19.6 Å². The smallest absolute Gasteiger partial charge is 0.252 e. The van der Waals surface area contributed by atoms with Gasteiger partial charge < -0.3 is 10.1 Å². The van der Waals surface area contributed by atoms with Crippen molar-refractivity contribution in [3.8, 4) is 0 Å². The Morgan fingerprint density at radius 1 is 1.47 bits per heavy atom. The summed E-state index contributed by atoms with van der Waals surface area (Å²) in [5.41, 5.74) is 1.72. The predicted octanol–water partition coefficient (Wildman–Crippen LogP) is 1.65. The van der Waals surface area contributed by atoms with Crippen LogP contribution in [-0.2, 0) is 4.74 Å². The van der Waals surface area contributed by atoms with E-state index in [-0.39, 0.29) is 11.7 Å². The summed E-state index contributed by atoms with van der Waals surface area (Å²) in [7, 11) is 1.76. The molecule has 102 valence electrons. The van der Waals surface area contributed by atoms with Crippen LogP contribution in [0.3, 0.4) is 0 Å². The van der Waals surface area contributed by atoms with Crippen LogP contribution in [0.5, 0.6) is 0 Å². The quantitative estimate of drug-likeness (QED) is 0.646. The fourth-order valence-electron chi connectivity index (χ4n) is 1.77. The van der Waals surface area contributed by atoms with E-state index < -0.39 is 0 Å². The van der Waals surface area contributed by atoms with Gasteiger partial charge in [0.15, 0.2) is 5.65 Å². The first kappa shape index (κ1) is 13.3. The second-order valence-corrected chi connectivity index (χ2v) is 4.37. The van der Waals surface area contributed by atoms with Gasteiger partial charge in [-0.1, -0.05) is 13.8 Å². The van der Waals surface area contributed by atoms with Crippen LogP contribution in [0.15, 0.2) is 6.20 Å². The summed E-state index contributed by atoms with van der Waals surface area (Å²) in [5, 5.41) is 15.0. The molecule has 0 atom stereocenters. The van der Waals surface area contributed by atoms with E-state index >= 15 is 0 Å². The van der Waals surface area contributed by atoms with Crippen LogP contribution >= 0.6 is 0 Å². The predicted molar refractivity (Wildman–Crippen MR) is 72.9 cm³/mol. The van der Waals surface area contributed by atoms with Crippen molar-refractivity contribution in [2.24, 2.45) is 0 Å². The molecule has 19 heavy (non-hydrogen) atoms. The number of ether oxygens (including phenoxy) is 1. The Kier molecular flexibility index (Phi) is 3.64. The SMILES string of the molecule is CCOC(=N)c1nc(NC)n2ncc(C(C)C)c2n1. The third-order valence-electron chi connectivity index (χ3n) is 2.73. The summed E-state index contributed by atoms with van der Waals surface area (Å²) in [6, 6.07) is 0. The zero-order valence-electron chi connectivity index (χ0n) is 11.6. The molecule has 2 heterocycles. The molecule has 0 spiro atoms. The lowest BCUT2D eigenvalue weighted by Crippen LogP contribution is -2.14. The number of rotatable bonds is 4. The summed E-state index contributed by atoms with van der Waals surface area (Å²) in [4.78, 5) is 8.62. The molecule has 2 N–H and O–H groups in total. The van der Waals surface area contributed by atoms with Gasteiger partial charge in [0.1, 0.15) is 0 Å². The first-order chi connectivity index (χ1) is 9.08. The van der Waals surface area contributed by atoms with E-state index in [1.165, 1.54) is 0 Å². The summed E-state index contributed by atoms with van der Waals surface area (Å²) >= 11 is 0. The Morgan fingerprint density at radius 3 is 2.79 bits per heavy atom. The molecule has 0 radical (unpaired) electrons. The normalized spacial score (nSPS) is 11.0. The average Bonchev–Trinajstić information content (AvgIpc) is 2.81. The van der Waals surface area contributed by atoms with E-state index in [0.29, 0.717) is 24.1 Å². The van der Waals surface area contributed by atoms with Crippen LogP contribution in [0, 0.1) is 5.41 Å². The summed E-state index contributed by atoms with van der Waals surface area (Å²) in [6.07, 6.45) is 1.78. The van der Waals surface area contributed by atoms with Crippen LogP contribution < -0.4 is 5.32 Å². The molecule has 0 saturated heterocycles. The second-order valence-electron chi connectivity index (χ2n) is 4.37. The zero-order valence-corrected chi connectivity index (χ0v) is 11.6. The highest BCUT2D eigenvalue weighted by atomic mass is 16.5. The number of hydrogen-bond donors (Lipinski definition) is 2. The molecular formula is C12H18N6O. The number of nitrogens with one attached hydrogen (secondary N) is 2. The lowest BCUT2D eigenvalue weighted by molar-refractivity contribution is 0.323. The Morgan fingerprint density at radius 2 is 2.21 bits per heavy atom. The van der Waals surface area contributed by atoms with Crippen LogP contribution in [0.25, 0.3) is 5.65 Å². The second kappa shape index (κ2) is 5.21. The molecule has 0 bridgehead atoms. The first-order valence-electron chi connectivity index (χ1n) is 6.23. The first-order valence-corrected chi connectivity index (χ1v) is 6.23. The number of fused-ring (bicyclic) bond motifs is 1. The minimum Gasteiger partial charge on any atom is -0.476 e. The van der Waals surface area contributed by atoms with E-state index in [4.69, 9.17) is 10.1 Å². The number of nitrogens with zero attached hydrogens (tertiary/aromatic N) is 4. The molecule has 0 aliphatic heterocycles. The molecule has 7 nitrogen and oxygen atoms in total. The van der Waals surface area contributed by atoms with Crippen molar-refractivity contribution in [2.45, 2.75) is 26.7 Å². The summed E-state index contributed by atoms with van der Waals surface area (Å²) in [5.74, 6) is 1.07. The highest BCUT2D eigenvalue weighted by molar-refractivity contribution is 5.88. The van der Waals surface area contributed by atoms with Gasteiger partial charge in [0.25, 0.3) is 5.90 Å². The largest absolute Gasteiger partial charge is 0.476 e. The van der Waals surface area contributed by atoms with Crippen molar-refractivity contribution < 1.29 is 4.74 Å². The minimum atomic E-state index is -0.0302. The molecule has 0 unspecified atom stereocenters. The van der Waals surface area contributed by atoms with Crippen molar-refractivity contribution in [3.63, 3.8) is 0 Å². The maximum atomic E-state index is 7.80. The molecule has 0 saturated carbocycles. The average molecular weight is 262 g/mol. The van der Waals surface area contributed by atoms with Crippen molar-refractivity contribution in [1.29, 1.82) is 5.41 Å². The molecule has 7 heteroatoms. The highest BCUT2D eigenvalue weighted by Crippen LogP contribution is 2.20. The van der Waals surface area contributed by atoms with Crippen molar-refractivity contribution >= 4 is 17.5 Å². The van der Waals surface area contributed by atoms with Gasteiger partial charge in [-0.05, 0) is 12.8 Å². The lowest BCUT2D eigenvalue weighted by Gasteiger charge is -2.08. The lowest BCUT2D eigenvalue weighted by atomic mass is 10.1. The Labute approximate surface area is 111 Å². The van der Waals surface area contributed by atoms with Crippen LogP contribution in [0.4, 0.5) is 5.95 Å². The third kappa shape index (κ3) is 2.35. The van der Waals surface area contributed by atoms with Gasteiger partial charge in [0.2, 0.25) is 11.8 Å². The maximum absolute atomic E-state index is 7.80. The fraction of sp³-hybridized carbons (Fsp3) is 0.500. The third-order valence-corrected chi connectivity index (χ3v) is 2.73. The number of aromatic nitrogens is 4. The van der Waals surface area contributed by atoms with E-state index in [1.807, 2.05) is 6.92 Å². The topological polar surface area (TPSA) is 88.2 Å². The minimum absolute atomic E-state index is 0.0302. The molecular weight excluding hydrogens is 244 g/mol. The fourth-order valence-corrected chi connectivity index (χ4v) is 1.77. The monoisotopic (exact) mass is 262 g/mol. The molecule has 2 aromatic heterocycles. The van der Waals surface area contributed by atoms with Gasteiger partial charge >= 0.3 is 0 Å². The molecule has 0 amide bonds. The van der Waals surface area contributed by atoms with E-state index in [9.17, 15) is 0 Å². The molecule has 0 aliphatic carbocycles. The van der Waals surface area contributed by atoms with Crippen molar-refractivity contribution in [2.75, 3.05) is 19.0 Å². The van der Waals surface area contributed by atoms with Gasteiger partial charge in [-0.3, -0.25) is 5.41 Å². The van der Waals surface area contributed by atoms with Crippen LogP contribution in [0.2, 0.25) is 0 Å². The van der Waals surface area contributed by atoms with Gasteiger partial charge in [-0.25, -0.2) is 4.98 Å². The van der Waals surface area contributed by atoms with Gasteiger partial charge in [-0.2, -0.15) is 14.6 Å². The molecule has 0 aromatic carbocycles.